The average Bonchev–Trinajstić information content (AvgIpc) is 2.55. The zero-order valence-corrected chi connectivity index (χ0v) is 14.5. The monoisotopic (exact) mass is 350 g/mol. The Labute approximate surface area is 147 Å². The number of halogens is 2. The van der Waals surface area contributed by atoms with E-state index in [1.165, 1.54) is 11.1 Å². The molecule has 1 atom stereocenters. The summed E-state index contributed by atoms with van der Waals surface area (Å²) in [5.74, 6) is -0.0652. The third-order valence-corrected chi connectivity index (χ3v) is 4.53. The molecule has 2 aromatic carbocycles. The Morgan fingerprint density at radius 2 is 2.09 bits per heavy atom. The molecule has 1 aliphatic heterocycles. The molecule has 0 saturated heterocycles. The lowest BCUT2D eigenvalue weighted by atomic mass is 9.94. The fraction of sp³-hybridized carbons (Fsp3) is 0.278. The van der Waals surface area contributed by atoms with Crippen LogP contribution in [0.5, 0.6) is 0 Å². The van der Waals surface area contributed by atoms with Crippen molar-refractivity contribution in [2.45, 2.75) is 19.4 Å². The lowest BCUT2D eigenvalue weighted by molar-refractivity contribution is 0.0949. The molecule has 3 nitrogen and oxygen atoms in total. The summed E-state index contributed by atoms with van der Waals surface area (Å²) in [7, 11) is 0. The lowest BCUT2D eigenvalue weighted by Crippen LogP contribution is -2.38. The summed E-state index contributed by atoms with van der Waals surface area (Å²) < 4.78 is 0. The minimum atomic E-state index is -0.0652. The summed E-state index contributed by atoms with van der Waals surface area (Å²) in [5, 5.41) is 7.16. The van der Waals surface area contributed by atoms with Crippen molar-refractivity contribution >= 4 is 29.9 Å². The van der Waals surface area contributed by atoms with Crippen LogP contribution < -0.4 is 10.6 Å². The predicted octanol–water partition coefficient (Wildman–Crippen LogP) is 3.69. The van der Waals surface area contributed by atoms with Gasteiger partial charge in [-0.1, -0.05) is 35.9 Å². The van der Waals surface area contributed by atoms with E-state index >= 15 is 0 Å². The van der Waals surface area contributed by atoms with Crippen LogP contribution in [-0.4, -0.2) is 19.0 Å². The summed E-state index contributed by atoms with van der Waals surface area (Å²) in [6.45, 7) is 3.42. The number of aryl methyl sites for hydroxylation is 1. The predicted molar refractivity (Wildman–Crippen MR) is 96.7 cm³/mol. The molecule has 1 aliphatic rings. The molecule has 1 unspecified atom stereocenters. The zero-order chi connectivity index (χ0) is 15.5. The molecule has 2 N–H and O–H groups in total. The van der Waals surface area contributed by atoms with Gasteiger partial charge in [-0.25, -0.2) is 0 Å². The molecule has 122 valence electrons. The second-order valence-electron chi connectivity index (χ2n) is 5.63. The van der Waals surface area contributed by atoms with Crippen molar-refractivity contribution in [3.63, 3.8) is 0 Å². The van der Waals surface area contributed by atoms with Crippen LogP contribution in [0.2, 0.25) is 5.02 Å². The van der Waals surface area contributed by atoms with Crippen molar-refractivity contribution in [3.8, 4) is 0 Å². The van der Waals surface area contributed by atoms with Crippen molar-refractivity contribution < 1.29 is 4.79 Å². The third kappa shape index (κ3) is 4.05. The van der Waals surface area contributed by atoms with Crippen molar-refractivity contribution in [2.75, 3.05) is 13.1 Å². The Kier molecular flexibility index (Phi) is 6.05. The van der Waals surface area contributed by atoms with Gasteiger partial charge < -0.3 is 10.6 Å². The maximum Gasteiger partial charge on any atom is 0.251 e. The number of rotatable bonds is 3. The number of carbonyl (C=O) groups is 1. The van der Waals surface area contributed by atoms with E-state index in [1.54, 1.807) is 12.1 Å². The van der Waals surface area contributed by atoms with E-state index in [0.717, 1.165) is 18.5 Å². The third-order valence-electron chi connectivity index (χ3n) is 4.10. The van der Waals surface area contributed by atoms with Crippen LogP contribution in [0.25, 0.3) is 0 Å². The van der Waals surface area contributed by atoms with Gasteiger partial charge in [0.15, 0.2) is 0 Å². The molecule has 23 heavy (non-hydrogen) atoms. The van der Waals surface area contributed by atoms with E-state index in [0.29, 0.717) is 17.1 Å². The first kappa shape index (κ1) is 17.8. The Balaban J connectivity index is 0.00000192. The quantitative estimate of drug-likeness (QED) is 0.886. The molecule has 2 aromatic rings. The minimum absolute atomic E-state index is 0. The highest BCUT2D eigenvalue weighted by Crippen LogP contribution is 2.22. The molecule has 1 heterocycles. The fourth-order valence-corrected chi connectivity index (χ4v) is 2.98. The van der Waals surface area contributed by atoms with Gasteiger partial charge in [0.1, 0.15) is 0 Å². The van der Waals surface area contributed by atoms with Crippen molar-refractivity contribution in [2.24, 2.45) is 0 Å². The lowest BCUT2D eigenvalue weighted by Gasteiger charge is -2.27. The maximum atomic E-state index is 12.3. The summed E-state index contributed by atoms with van der Waals surface area (Å²) in [6, 6.07) is 13.9. The topological polar surface area (TPSA) is 41.1 Å². The van der Waals surface area contributed by atoms with Crippen LogP contribution in [-0.2, 0) is 6.42 Å². The average molecular weight is 351 g/mol. The summed E-state index contributed by atoms with van der Waals surface area (Å²) >= 11 is 6.00. The molecule has 0 spiro atoms. The summed E-state index contributed by atoms with van der Waals surface area (Å²) in [6.07, 6.45) is 1.04. The highest BCUT2D eigenvalue weighted by Gasteiger charge is 2.19. The van der Waals surface area contributed by atoms with E-state index in [1.807, 2.05) is 19.1 Å². The van der Waals surface area contributed by atoms with Crippen LogP contribution in [0, 0.1) is 6.92 Å². The van der Waals surface area contributed by atoms with E-state index in [-0.39, 0.29) is 24.4 Å². The van der Waals surface area contributed by atoms with Gasteiger partial charge in [-0.15, -0.1) is 12.4 Å². The van der Waals surface area contributed by atoms with Gasteiger partial charge >= 0.3 is 0 Å². The molecule has 0 bridgehead atoms. The molecular weight excluding hydrogens is 331 g/mol. The van der Waals surface area contributed by atoms with Gasteiger partial charge in [0, 0.05) is 23.2 Å². The number of hydrogen-bond donors (Lipinski definition) is 2. The fourth-order valence-electron chi connectivity index (χ4n) is 2.86. The molecule has 3 rings (SSSR count). The molecule has 0 fully saturated rings. The Hall–Kier alpha value is -1.55. The highest BCUT2D eigenvalue weighted by atomic mass is 35.5. The van der Waals surface area contributed by atoms with Crippen molar-refractivity contribution in [1.29, 1.82) is 0 Å². The first-order valence-corrected chi connectivity index (χ1v) is 7.88. The Morgan fingerprint density at radius 1 is 1.30 bits per heavy atom. The molecule has 5 heteroatoms. The first-order valence-electron chi connectivity index (χ1n) is 7.50. The van der Waals surface area contributed by atoms with Crippen LogP contribution in [0.3, 0.4) is 0 Å². The number of fused-ring (bicyclic) bond motifs is 1. The number of nitrogens with one attached hydrogen (secondary N) is 2. The standard InChI is InChI=1S/C18H19ClN2O.ClH/c1-12-10-14(6-7-16(12)19)18(22)21-11-17-15-5-3-2-4-13(15)8-9-20-17;/h2-7,10,17,20H,8-9,11H2,1H3,(H,21,22);1H. The van der Waals surface area contributed by atoms with Gasteiger partial charge in [-0.2, -0.15) is 0 Å². The zero-order valence-electron chi connectivity index (χ0n) is 12.9. The van der Waals surface area contributed by atoms with E-state index < -0.39 is 0 Å². The Bertz CT molecular complexity index is 703. The second-order valence-corrected chi connectivity index (χ2v) is 6.04. The first-order chi connectivity index (χ1) is 10.6. The van der Waals surface area contributed by atoms with Gasteiger partial charge in [0.25, 0.3) is 5.91 Å². The number of carbonyl (C=O) groups excluding carboxylic acids is 1. The molecule has 1 amide bonds. The van der Waals surface area contributed by atoms with E-state index in [4.69, 9.17) is 11.6 Å². The van der Waals surface area contributed by atoms with E-state index in [9.17, 15) is 4.79 Å². The summed E-state index contributed by atoms with van der Waals surface area (Å²) in [4.78, 5) is 12.3. The summed E-state index contributed by atoms with van der Waals surface area (Å²) in [5.41, 5.74) is 4.20. The SMILES string of the molecule is Cc1cc(C(=O)NCC2NCCc3ccccc32)ccc1Cl.Cl. The highest BCUT2D eigenvalue weighted by molar-refractivity contribution is 6.31. The number of benzene rings is 2. The molecular formula is C18H20Cl2N2O. The maximum absolute atomic E-state index is 12.3. The minimum Gasteiger partial charge on any atom is -0.350 e. The molecule has 0 radical (unpaired) electrons. The van der Waals surface area contributed by atoms with Crippen LogP contribution in [0.4, 0.5) is 0 Å². The van der Waals surface area contributed by atoms with Gasteiger partial charge in [-0.05, 0) is 54.8 Å². The van der Waals surface area contributed by atoms with Gasteiger partial charge in [0.2, 0.25) is 0 Å². The Morgan fingerprint density at radius 3 is 2.87 bits per heavy atom. The number of hydrogen-bond acceptors (Lipinski definition) is 2. The molecule has 0 saturated carbocycles. The molecule has 0 aromatic heterocycles. The van der Waals surface area contributed by atoms with Crippen LogP contribution in [0.15, 0.2) is 42.5 Å². The number of amides is 1. The van der Waals surface area contributed by atoms with Crippen LogP contribution in [0.1, 0.15) is 33.1 Å². The van der Waals surface area contributed by atoms with Gasteiger partial charge in [-0.3, -0.25) is 4.79 Å². The van der Waals surface area contributed by atoms with Crippen LogP contribution >= 0.6 is 24.0 Å². The normalized spacial score (nSPS) is 16.2. The van der Waals surface area contributed by atoms with Crippen molar-refractivity contribution in [3.05, 3.63) is 69.7 Å². The second kappa shape index (κ2) is 7.82. The molecule has 0 aliphatic carbocycles. The van der Waals surface area contributed by atoms with Gasteiger partial charge in [0.05, 0.1) is 0 Å². The smallest absolute Gasteiger partial charge is 0.251 e. The van der Waals surface area contributed by atoms with E-state index in [2.05, 4.69) is 28.8 Å². The van der Waals surface area contributed by atoms with Crippen molar-refractivity contribution in [1.82, 2.24) is 10.6 Å². The largest absolute Gasteiger partial charge is 0.350 e.